The lowest BCUT2D eigenvalue weighted by Crippen LogP contribution is -2.33. The first kappa shape index (κ1) is 10.2. The predicted octanol–water partition coefficient (Wildman–Crippen LogP) is 3.28. The van der Waals surface area contributed by atoms with Gasteiger partial charge in [-0.25, -0.2) is 0 Å². The molecular formula is C11H15BrO2. The molecule has 0 aliphatic heterocycles. The quantitative estimate of drug-likeness (QED) is 0.884. The van der Waals surface area contributed by atoms with E-state index in [2.05, 4.69) is 15.9 Å². The lowest BCUT2D eigenvalue weighted by molar-refractivity contribution is 0.000204. The Labute approximate surface area is 92.4 Å². The van der Waals surface area contributed by atoms with Crippen LogP contribution in [0.3, 0.4) is 0 Å². The van der Waals surface area contributed by atoms with Crippen LogP contribution in [0.1, 0.15) is 37.9 Å². The lowest BCUT2D eigenvalue weighted by Gasteiger charge is -2.31. The fourth-order valence-corrected chi connectivity index (χ4v) is 2.50. The van der Waals surface area contributed by atoms with E-state index in [1.807, 2.05) is 12.1 Å². The van der Waals surface area contributed by atoms with Gasteiger partial charge in [-0.05, 0) is 40.9 Å². The first-order valence-electron chi connectivity index (χ1n) is 5.15. The molecule has 0 saturated heterocycles. The van der Waals surface area contributed by atoms with Crippen LogP contribution in [0.25, 0.3) is 0 Å². The van der Waals surface area contributed by atoms with E-state index >= 15 is 0 Å². The molecule has 78 valence electrons. The summed E-state index contributed by atoms with van der Waals surface area (Å²) < 4.78 is 6.15. The maximum absolute atomic E-state index is 10.3. The molecule has 1 saturated carbocycles. The van der Waals surface area contributed by atoms with Gasteiger partial charge in [0.15, 0.2) is 4.67 Å². The van der Waals surface area contributed by atoms with Gasteiger partial charge < -0.3 is 9.52 Å². The van der Waals surface area contributed by atoms with Gasteiger partial charge in [-0.2, -0.15) is 0 Å². The number of rotatable bonds is 2. The van der Waals surface area contributed by atoms with Crippen LogP contribution in [0, 0.1) is 0 Å². The van der Waals surface area contributed by atoms with Crippen molar-refractivity contribution in [3.8, 4) is 0 Å². The maximum Gasteiger partial charge on any atom is 0.169 e. The molecule has 1 N–H and O–H groups in total. The molecule has 1 fully saturated rings. The molecule has 2 rings (SSSR count). The normalized spacial score (nSPS) is 21.0. The zero-order chi connectivity index (χ0) is 10.0. The Morgan fingerprint density at radius 2 is 2.00 bits per heavy atom. The third-order valence-corrected chi connectivity index (χ3v) is 3.34. The molecule has 0 aromatic carbocycles. The number of furan rings is 1. The van der Waals surface area contributed by atoms with Crippen molar-refractivity contribution in [2.75, 3.05) is 0 Å². The Bertz CT molecular complexity index is 300. The number of aliphatic hydroxyl groups is 1. The molecule has 0 radical (unpaired) electrons. The third-order valence-electron chi connectivity index (χ3n) is 2.92. The van der Waals surface area contributed by atoms with Crippen LogP contribution >= 0.6 is 15.9 Å². The number of hydrogen-bond donors (Lipinski definition) is 1. The summed E-state index contributed by atoms with van der Waals surface area (Å²) in [6.07, 6.45) is 6.00. The van der Waals surface area contributed by atoms with Crippen LogP contribution in [-0.4, -0.2) is 10.7 Å². The summed E-state index contributed by atoms with van der Waals surface area (Å²) in [7, 11) is 0. The molecule has 2 nitrogen and oxygen atoms in total. The molecular weight excluding hydrogens is 244 g/mol. The van der Waals surface area contributed by atoms with Crippen molar-refractivity contribution in [1.82, 2.24) is 0 Å². The molecule has 0 amide bonds. The zero-order valence-corrected chi connectivity index (χ0v) is 9.72. The highest BCUT2D eigenvalue weighted by Crippen LogP contribution is 2.31. The van der Waals surface area contributed by atoms with Crippen LogP contribution in [0.15, 0.2) is 21.2 Å². The van der Waals surface area contributed by atoms with E-state index in [1.54, 1.807) is 0 Å². The molecule has 0 atom stereocenters. The van der Waals surface area contributed by atoms with Gasteiger partial charge in [0.2, 0.25) is 0 Å². The molecule has 1 aliphatic carbocycles. The fourth-order valence-electron chi connectivity index (χ4n) is 2.16. The van der Waals surface area contributed by atoms with Gasteiger partial charge in [0.05, 0.1) is 5.60 Å². The smallest absolute Gasteiger partial charge is 0.169 e. The average Bonchev–Trinajstić information content (AvgIpc) is 2.51. The number of halogens is 1. The summed E-state index contributed by atoms with van der Waals surface area (Å²) in [5.74, 6) is 0.876. The second-order valence-electron chi connectivity index (χ2n) is 4.17. The monoisotopic (exact) mass is 258 g/mol. The highest BCUT2D eigenvalue weighted by molar-refractivity contribution is 9.10. The molecule has 1 aromatic heterocycles. The first-order chi connectivity index (χ1) is 6.68. The van der Waals surface area contributed by atoms with E-state index in [-0.39, 0.29) is 0 Å². The van der Waals surface area contributed by atoms with Gasteiger partial charge in [0.25, 0.3) is 0 Å². The highest BCUT2D eigenvalue weighted by Gasteiger charge is 2.30. The molecule has 1 aromatic rings. The SMILES string of the molecule is OC1(Cc2ccc(Br)o2)CCCCC1. The number of hydrogen-bond acceptors (Lipinski definition) is 2. The predicted molar refractivity (Wildman–Crippen MR) is 58.1 cm³/mol. The largest absolute Gasteiger partial charge is 0.454 e. The van der Waals surface area contributed by atoms with Crippen molar-refractivity contribution < 1.29 is 9.52 Å². The second-order valence-corrected chi connectivity index (χ2v) is 4.95. The standard InChI is InChI=1S/C11H15BrO2/c12-10-5-4-9(14-10)8-11(13)6-2-1-3-7-11/h4-5,13H,1-3,6-8H2. The molecule has 3 heteroatoms. The Morgan fingerprint density at radius 1 is 1.29 bits per heavy atom. The van der Waals surface area contributed by atoms with E-state index in [4.69, 9.17) is 4.42 Å². The second kappa shape index (κ2) is 4.07. The molecule has 14 heavy (non-hydrogen) atoms. The molecule has 0 bridgehead atoms. The van der Waals surface area contributed by atoms with Gasteiger partial charge in [-0.1, -0.05) is 19.3 Å². The average molecular weight is 259 g/mol. The van der Waals surface area contributed by atoms with Gasteiger partial charge in [-0.3, -0.25) is 0 Å². The minimum atomic E-state index is -0.518. The Balaban J connectivity index is 2.01. The lowest BCUT2D eigenvalue weighted by atomic mass is 9.82. The van der Waals surface area contributed by atoms with E-state index in [0.717, 1.165) is 36.1 Å². The van der Waals surface area contributed by atoms with Crippen LogP contribution in [-0.2, 0) is 6.42 Å². The van der Waals surface area contributed by atoms with E-state index in [0.29, 0.717) is 6.42 Å². The van der Waals surface area contributed by atoms with Gasteiger partial charge in [-0.15, -0.1) is 0 Å². The van der Waals surface area contributed by atoms with E-state index < -0.39 is 5.60 Å². The zero-order valence-electron chi connectivity index (χ0n) is 8.13. The summed E-state index contributed by atoms with van der Waals surface area (Å²) in [4.78, 5) is 0. The van der Waals surface area contributed by atoms with Crippen LogP contribution in [0.4, 0.5) is 0 Å². The van der Waals surface area contributed by atoms with Crippen LogP contribution < -0.4 is 0 Å². The van der Waals surface area contributed by atoms with Crippen LogP contribution in [0.5, 0.6) is 0 Å². The molecule has 1 aliphatic rings. The molecule has 0 spiro atoms. The van der Waals surface area contributed by atoms with Crippen molar-refractivity contribution in [2.45, 2.75) is 44.1 Å². The molecule has 0 unspecified atom stereocenters. The highest BCUT2D eigenvalue weighted by atomic mass is 79.9. The van der Waals surface area contributed by atoms with Crippen molar-refractivity contribution in [1.29, 1.82) is 0 Å². The summed E-state index contributed by atoms with van der Waals surface area (Å²) in [6, 6.07) is 3.80. The van der Waals surface area contributed by atoms with Crippen LogP contribution in [0.2, 0.25) is 0 Å². The van der Waals surface area contributed by atoms with Crippen molar-refractivity contribution >= 4 is 15.9 Å². The van der Waals surface area contributed by atoms with Crippen molar-refractivity contribution in [3.63, 3.8) is 0 Å². The minimum Gasteiger partial charge on any atom is -0.454 e. The first-order valence-corrected chi connectivity index (χ1v) is 5.94. The Hall–Kier alpha value is -0.280. The van der Waals surface area contributed by atoms with Gasteiger partial charge >= 0.3 is 0 Å². The fraction of sp³-hybridized carbons (Fsp3) is 0.636. The molecule has 1 heterocycles. The summed E-state index contributed by atoms with van der Waals surface area (Å²) >= 11 is 3.27. The van der Waals surface area contributed by atoms with Gasteiger partial charge in [0.1, 0.15) is 5.76 Å². The Morgan fingerprint density at radius 3 is 2.57 bits per heavy atom. The topological polar surface area (TPSA) is 33.4 Å². The minimum absolute atomic E-state index is 0.518. The van der Waals surface area contributed by atoms with Crippen molar-refractivity contribution in [3.05, 3.63) is 22.6 Å². The third kappa shape index (κ3) is 2.39. The maximum atomic E-state index is 10.3. The van der Waals surface area contributed by atoms with E-state index in [9.17, 15) is 5.11 Å². The summed E-state index contributed by atoms with van der Waals surface area (Å²) in [6.45, 7) is 0. The van der Waals surface area contributed by atoms with Crippen molar-refractivity contribution in [2.24, 2.45) is 0 Å². The van der Waals surface area contributed by atoms with Gasteiger partial charge in [0, 0.05) is 6.42 Å². The summed E-state index contributed by atoms with van der Waals surface area (Å²) in [5, 5.41) is 10.3. The Kier molecular flexibility index (Phi) is 2.98. The summed E-state index contributed by atoms with van der Waals surface area (Å²) in [5.41, 5.74) is -0.518. The van der Waals surface area contributed by atoms with E-state index in [1.165, 1.54) is 6.42 Å².